The zero-order chi connectivity index (χ0) is 13.1. The molecule has 2 unspecified atom stereocenters. The van der Waals surface area contributed by atoms with Gasteiger partial charge in [-0.25, -0.2) is 8.78 Å². The van der Waals surface area contributed by atoms with E-state index in [9.17, 15) is 13.6 Å². The summed E-state index contributed by atoms with van der Waals surface area (Å²) in [5.41, 5.74) is 0. The Kier molecular flexibility index (Phi) is 4.50. The monoisotopic (exact) mass is 262 g/mol. The maximum absolute atomic E-state index is 12.2. The summed E-state index contributed by atoms with van der Waals surface area (Å²) in [6, 6.07) is 0.551. The van der Waals surface area contributed by atoms with Crippen molar-refractivity contribution in [3.63, 3.8) is 0 Å². The van der Waals surface area contributed by atoms with Gasteiger partial charge in [0.05, 0.1) is 6.54 Å². The summed E-state index contributed by atoms with van der Waals surface area (Å²) in [5, 5.41) is 11.7. The van der Waals surface area contributed by atoms with Crippen molar-refractivity contribution >= 4 is 5.97 Å². The molecule has 0 bridgehead atoms. The molecule has 1 heterocycles. The van der Waals surface area contributed by atoms with Crippen LogP contribution in [0.1, 0.15) is 25.7 Å². The van der Waals surface area contributed by atoms with Crippen LogP contribution in [0, 0.1) is 5.92 Å². The van der Waals surface area contributed by atoms with Crippen molar-refractivity contribution < 1.29 is 18.7 Å². The predicted molar refractivity (Wildman–Crippen MR) is 62.7 cm³/mol. The molecule has 4 nitrogen and oxygen atoms in total. The highest BCUT2D eigenvalue weighted by Gasteiger charge is 2.36. The maximum atomic E-state index is 12.2. The molecule has 18 heavy (non-hydrogen) atoms. The van der Waals surface area contributed by atoms with Crippen molar-refractivity contribution in [3.8, 4) is 0 Å². The van der Waals surface area contributed by atoms with Gasteiger partial charge in [0.25, 0.3) is 6.43 Å². The minimum atomic E-state index is -2.35. The molecule has 1 saturated heterocycles. The molecule has 104 valence electrons. The van der Waals surface area contributed by atoms with E-state index in [2.05, 4.69) is 10.2 Å². The number of hydrogen-bond donors (Lipinski definition) is 2. The van der Waals surface area contributed by atoms with Gasteiger partial charge in [0.15, 0.2) is 0 Å². The molecule has 1 aliphatic heterocycles. The van der Waals surface area contributed by atoms with Crippen molar-refractivity contribution in [1.82, 2.24) is 10.2 Å². The van der Waals surface area contributed by atoms with Crippen LogP contribution in [0.4, 0.5) is 8.78 Å². The first-order valence-corrected chi connectivity index (χ1v) is 6.52. The molecule has 0 aromatic heterocycles. The fourth-order valence-corrected chi connectivity index (χ4v) is 2.78. The smallest absolute Gasteiger partial charge is 0.303 e. The molecule has 1 saturated carbocycles. The summed E-state index contributed by atoms with van der Waals surface area (Å²) in [5.74, 6) is -0.725. The lowest BCUT2D eigenvalue weighted by Crippen LogP contribution is -2.51. The molecule has 2 rings (SSSR count). The Morgan fingerprint density at radius 2 is 2.11 bits per heavy atom. The number of piperidine rings is 1. The van der Waals surface area contributed by atoms with Gasteiger partial charge in [-0.1, -0.05) is 0 Å². The highest BCUT2D eigenvalue weighted by molar-refractivity contribution is 5.67. The largest absolute Gasteiger partial charge is 0.481 e. The van der Waals surface area contributed by atoms with Gasteiger partial charge in [-0.05, 0) is 25.2 Å². The number of nitrogens with zero attached hydrogens (tertiary/aromatic N) is 1. The van der Waals surface area contributed by atoms with Crippen LogP contribution in [0.25, 0.3) is 0 Å². The minimum absolute atomic E-state index is 0.00213. The first-order valence-electron chi connectivity index (χ1n) is 6.52. The average Bonchev–Trinajstić information content (AvgIpc) is 3.08. The predicted octanol–water partition coefficient (Wildman–Crippen LogP) is 1.17. The highest BCUT2D eigenvalue weighted by Crippen LogP contribution is 2.32. The number of nitrogens with one attached hydrogen (secondary N) is 1. The third-order valence-corrected chi connectivity index (χ3v) is 3.65. The van der Waals surface area contributed by atoms with E-state index in [1.165, 1.54) is 0 Å². The number of carbonyl (C=O) groups is 1. The van der Waals surface area contributed by atoms with Crippen molar-refractivity contribution in [2.45, 2.75) is 44.2 Å². The zero-order valence-corrected chi connectivity index (χ0v) is 10.3. The van der Waals surface area contributed by atoms with Crippen LogP contribution < -0.4 is 5.32 Å². The normalized spacial score (nSPS) is 29.7. The molecule has 0 aromatic rings. The summed E-state index contributed by atoms with van der Waals surface area (Å²) in [6.45, 7) is 1.26. The van der Waals surface area contributed by atoms with Gasteiger partial charge in [0, 0.05) is 31.6 Å². The number of carboxylic acids is 1. The van der Waals surface area contributed by atoms with Crippen LogP contribution in [0.3, 0.4) is 0 Å². The Morgan fingerprint density at radius 1 is 1.39 bits per heavy atom. The lowest BCUT2D eigenvalue weighted by molar-refractivity contribution is -0.138. The molecule has 2 aliphatic rings. The van der Waals surface area contributed by atoms with Crippen molar-refractivity contribution in [2.24, 2.45) is 5.92 Å². The van der Waals surface area contributed by atoms with E-state index in [-0.39, 0.29) is 24.9 Å². The maximum Gasteiger partial charge on any atom is 0.303 e. The Hall–Kier alpha value is -0.750. The molecule has 2 atom stereocenters. The van der Waals surface area contributed by atoms with Gasteiger partial charge in [-0.15, -0.1) is 0 Å². The number of rotatable bonds is 6. The van der Waals surface area contributed by atoms with Gasteiger partial charge < -0.3 is 10.4 Å². The van der Waals surface area contributed by atoms with Crippen LogP contribution in [0.5, 0.6) is 0 Å². The Bertz CT molecular complexity index is 298. The van der Waals surface area contributed by atoms with Gasteiger partial charge >= 0.3 is 5.97 Å². The lowest BCUT2D eigenvalue weighted by Gasteiger charge is -2.38. The third kappa shape index (κ3) is 4.17. The van der Waals surface area contributed by atoms with Crippen molar-refractivity contribution in [2.75, 3.05) is 19.6 Å². The van der Waals surface area contributed by atoms with E-state index in [4.69, 9.17) is 5.11 Å². The van der Waals surface area contributed by atoms with Crippen molar-refractivity contribution in [3.05, 3.63) is 0 Å². The molecule has 1 aliphatic carbocycles. The summed E-state index contributed by atoms with van der Waals surface area (Å²) < 4.78 is 24.4. The van der Waals surface area contributed by atoms with Gasteiger partial charge in [-0.3, -0.25) is 9.69 Å². The molecule has 2 fully saturated rings. The second-order valence-electron chi connectivity index (χ2n) is 5.38. The number of hydrogen-bond acceptors (Lipinski definition) is 3. The van der Waals surface area contributed by atoms with Crippen LogP contribution in [-0.4, -0.2) is 54.1 Å². The number of alkyl halides is 2. The zero-order valence-electron chi connectivity index (χ0n) is 10.3. The van der Waals surface area contributed by atoms with E-state index in [1.54, 1.807) is 0 Å². The molecule has 0 amide bonds. The standard InChI is InChI=1S/C12H20F2N2O2/c13-11(14)5-15-9-3-8(4-12(17)18)6-16(7-9)10-1-2-10/h8-11,15H,1-7H2,(H,17,18). The summed E-state index contributed by atoms with van der Waals surface area (Å²) >= 11 is 0. The summed E-state index contributed by atoms with van der Waals surface area (Å²) in [4.78, 5) is 13.0. The van der Waals surface area contributed by atoms with E-state index < -0.39 is 12.4 Å². The minimum Gasteiger partial charge on any atom is -0.481 e. The molecule has 6 heteroatoms. The van der Waals surface area contributed by atoms with Crippen molar-refractivity contribution in [1.29, 1.82) is 0 Å². The first kappa shape index (κ1) is 13.7. The van der Waals surface area contributed by atoms with E-state index >= 15 is 0 Å². The molecule has 0 spiro atoms. The quantitative estimate of drug-likeness (QED) is 0.754. The first-order chi connectivity index (χ1) is 8.54. The Balaban J connectivity index is 1.86. The second-order valence-corrected chi connectivity index (χ2v) is 5.38. The summed E-state index contributed by atoms with van der Waals surface area (Å²) in [6.07, 6.45) is 0.778. The van der Waals surface area contributed by atoms with Gasteiger partial charge in [0.2, 0.25) is 0 Å². The molecule has 0 aromatic carbocycles. The fraction of sp³-hybridized carbons (Fsp3) is 0.917. The average molecular weight is 262 g/mol. The van der Waals surface area contributed by atoms with Crippen LogP contribution in [0.2, 0.25) is 0 Å². The molecule has 2 N–H and O–H groups in total. The van der Waals surface area contributed by atoms with E-state index in [0.29, 0.717) is 12.5 Å². The SMILES string of the molecule is O=C(O)CC1CC(NCC(F)F)CN(C2CC2)C1. The number of likely N-dealkylation sites (tertiary alicyclic amines) is 1. The number of halogens is 2. The second kappa shape index (κ2) is 5.93. The molecular weight excluding hydrogens is 242 g/mol. The molecular formula is C12H20F2N2O2. The summed E-state index contributed by atoms with van der Waals surface area (Å²) in [7, 11) is 0. The Labute approximate surface area is 105 Å². The van der Waals surface area contributed by atoms with E-state index in [1.807, 2.05) is 0 Å². The van der Waals surface area contributed by atoms with E-state index in [0.717, 1.165) is 25.9 Å². The topological polar surface area (TPSA) is 52.6 Å². The highest BCUT2D eigenvalue weighted by atomic mass is 19.3. The number of carboxylic acid groups (broad SMARTS) is 1. The van der Waals surface area contributed by atoms with Gasteiger partial charge in [0.1, 0.15) is 0 Å². The van der Waals surface area contributed by atoms with Crippen LogP contribution in [-0.2, 0) is 4.79 Å². The Morgan fingerprint density at radius 3 is 2.67 bits per heavy atom. The fourth-order valence-electron chi connectivity index (χ4n) is 2.78. The van der Waals surface area contributed by atoms with Gasteiger partial charge in [-0.2, -0.15) is 0 Å². The van der Waals surface area contributed by atoms with Crippen LogP contribution in [0.15, 0.2) is 0 Å². The third-order valence-electron chi connectivity index (χ3n) is 3.65. The van der Waals surface area contributed by atoms with Crippen LogP contribution >= 0.6 is 0 Å². The lowest BCUT2D eigenvalue weighted by atomic mass is 9.91. The number of aliphatic carboxylic acids is 1. The molecule has 0 radical (unpaired) electrons.